The maximum absolute atomic E-state index is 12.0. The molecular formula is C11H15N3O4. The van der Waals surface area contributed by atoms with Gasteiger partial charge in [-0.1, -0.05) is 0 Å². The molecule has 1 fully saturated rings. The number of rotatable bonds is 3. The lowest BCUT2D eigenvalue weighted by Gasteiger charge is -2.26. The van der Waals surface area contributed by atoms with Crippen LogP contribution in [0.5, 0.6) is 0 Å². The van der Waals surface area contributed by atoms with Gasteiger partial charge in [0.05, 0.1) is 18.0 Å². The fourth-order valence-corrected chi connectivity index (χ4v) is 2.01. The number of hydrogen-bond donors (Lipinski definition) is 3. The molecule has 0 unspecified atom stereocenters. The number of aromatic amines is 1. The molecule has 2 rings (SSSR count). The molecule has 2 atom stereocenters. The standard InChI is InChI=1S/C11H15N3O4/c1-6-4-7(2-3-18-6)10(15)13-8-5-12-14-9(8)11(16)17/h5-7H,2-4H2,1H3,(H,12,14)(H,13,15)(H,16,17)/t6-,7-/m0/s1. The first kappa shape index (κ1) is 12.6. The summed E-state index contributed by atoms with van der Waals surface area (Å²) in [5.41, 5.74) is 0.0927. The SMILES string of the molecule is C[C@H]1C[C@@H](C(=O)Nc2cn[nH]c2C(=O)O)CCO1. The smallest absolute Gasteiger partial charge is 0.356 e. The van der Waals surface area contributed by atoms with Crippen LogP contribution in [0.3, 0.4) is 0 Å². The second kappa shape index (κ2) is 5.18. The van der Waals surface area contributed by atoms with Gasteiger partial charge in [0, 0.05) is 12.5 Å². The topological polar surface area (TPSA) is 104 Å². The summed E-state index contributed by atoms with van der Waals surface area (Å²) in [6.45, 7) is 2.47. The van der Waals surface area contributed by atoms with E-state index in [4.69, 9.17) is 9.84 Å². The lowest BCUT2D eigenvalue weighted by molar-refractivity contribution is -0.124. The summed E-state index contributed by atoms with van der Waals surface area (Å²) in [6, 6.07) is 0. The van der Waals surface area contributed by atoms with Gasteiger partial charge in [-0.25, -0.2) is 4.79 Å². The summed E-state index contributed by atoms with van der Waals surface area (Å²) in [5, 5.41) is 17.4. The first-order valence-corrected chi connectivity index (χ1v) is 5.77. The number of carboxylic acids is 1. The fourth-order valence-electron chi connectivity index (χ4n) is 2.01. The van der Waals surface area contributed by atoms with Gasteiger partial charge in [-0.2, -0.15) is 5.10 Å². The Labute approximate surface area is 104 Å². The monoisotopic (exact) mass is 253 g/mol. The number of aromatic carboxylic acids is 1. The quantitative estimate of drug-likeness (QED) is 0.741. The van der Waals surface area contributed by atoms with Gasteiger partial charge >= 0.3 is 5.97 Å². The number of carboxylic acid groups (broad SMARTS) is 1. The van der Waals surface area contributed by atoms with Crippen LogP contribution in [-0.4, -0.2) is 39.9 Å². The second-order valence-corrected chi connectivity index (χ2v) is 4.36. The van der Waals surface area contributed by atoms with Crippen LogP contribution in [0.2, 0.25) is 0 Å². The van der Waals surface area contributed by atoms with Crippen LogP contribution in [0.1, 0.15) is 30.3 Å². The molecule has 1 aliphatic rings. The number of aromatic nitrogens is 2. The third-order valence-corrected chi connectivity index (χ3v) is 2.97. The van der Waals surface area contributed by atoms with E-state index in [0.29, 0.717) is 19.4 Å². The van der Waals surface area contributed by atoms with E-state index in [1.54, 1.807) is 0 Å². The van der Waals surface area contributed by atoms with E-state index in [9.17, 15) is 9.59 Å². The van der Waals surface area contributed by atoms with Crippen LogP contribution >= 0.6 is 0 Å². The first-order chi connectivity index (χ1) is 8.58. The van der Waals surface area contributed by atoms with Gasteiger partial charge in [0.1, 0.15) is 0 Å². The largest absolute Gasteiger partial charge is 0.476 e. The molecule has 18 heavy (non-hydrogen) atoms. The Morgan fingerprint density at radius 2 is 2.39 bits per heavy atom. The summed E-state index contributed by atoms with van der Waals surface area (Å²) >= 11 is 0. The number of anilines is 1. The molecule has 0 aliphatic carbocycles. The van der Waals surface area contributed by atoms with Crippen molar-refractivity contribution in [1.29, 1.82) is 0 Å². The highest BCUT2D eigenvalue weighted by molar-refractivity contribution is 5.99. The zero-order valence-electron chi connectivity index (χ0n) is 9.97. The van der Waals surface area contributed by atoms with Crippen molar-refractivity contribution in [1.82, 2.24) is 10.2 Å². The highest BCUT2D eigenvalue weighted by Gasteiger charge is 2.26. The summed E-state index contributed by atoms with van der Waals surface area (Å²) < 4.78 is 5.36. The van der Waals surface area contributed by atoms with Crippen LogP contribution in [0, 0.1) is 5.92 Å². The Hall–Kier alpha value is -1.89. The van der Waals surface area contributed by atoms with Gasteiger partial charge < -0.3 is 15.2 Å². The van der Waals surface area contributed by atoms with Crippen LogP contribution in [0.4, 0.5) is 5.69 Å². The molecule has 2 heterocycles. The third kappa shape index (κ3) is 2.67. The molecule has 1 aromatic rings. The van der Waals surface area contributed by atoms with E-state index in [2.05, 4.69) is 15.5 Å². The molecule has 0 spiro atoms. The van der Waals surface area contributed by atoms with Crippen molar-refractivity contribution in [3.8, 4) is 0 Å². The van der Waals surface area contributed by atoms with Gasteiger partial charge in [-0.15, -0.1) is 0 Å². The molecule has 0 radical (unpaired) electrons. The third-order valence-electron chi connectivity index (χ3n) is 2.97. The van der Waals surface area contributed by atoms with Crippen molar-refractivity contribution >= 4 is 17.6 Å². The van der Waals surface area contributed by atoms with Crippen molar-refractivity contribution in [2.45, 2.75) is 25.9 Å². The molecule has 7 heteroatoms. The van der Waals surface area contributed by atoms with E-state index in [-0.39, 0.29) is 29.3 Å². The maximum atomic E-state index is 12.0. The highest BCUT2D eigenvalue weighted by Crippen LogP contribution is 2.22. The predicted octanol–water partition coefficient (Wildman–Crippen LogP) is 0.861. The zero-order valence-corrected chi connectivity index (χ0v) is 9.97. The molecule has 1 amide bonds. The molecule has 98 valence electrons. The molecule has 0 bridgehead atoms. The van der Waals surface area contributed by atoms with Crippen LogP contribution in [0.25, 0.3) is 0 Å². The summed E-state index contributed by atoms with van der Waals surface area (Å²) in [7, 11) is 0. The number of carbonyl (C=O) groups is 2. The number of ether oxygens (including phenoxy) is 1. The molecule has 7 nitrogen and oxygen atoms in total. The van der Waals surface area contributed by atoms with Crippen molar-refractivity contribution in [3.63, 3.8) is 0 Å². The predicted molar refractivity (Wildman–Crippen MR) is 62.3 cm³/mol. The zero-order chi connectivity index (χ0) is 13.1. The fraction of sp³-hybridized carbons (Fsp3) is 0.545. The summed E-state index contributed by atoms with van der Waals surface area (Å²) in [5.74, 6) is -1.48. The number of amides is 1. The second-order valence-electron chi connectivity index (χ2n) is 4.36. The van der Waals surface area contributed by atoms with E-state index < -0.39 is 5.97 Å². The molecular weight excluding hydrogens is 238 g/mol. The van der Waals surface area contributed by atoms with Crippen molar-refractivity contribution in [2.24, 2.45) is 5.92 Å². The van der Waals surface area contributed by atoms with Crippen LogP contribution < -0.4 is 5.32 Å². The minimum absolute atomic E-state index is 0.0535. The molecule has 0 saturated carbocycles. The Bertz CT molecular complexity index is 457. The van der Waals surface area contributed by atoms with Crippen molar-refractivity contribution < 1.29 is 19.4 Å². The first-order valence-electron chi connectivity index (χ1n) is 5.77. The Kier molecular flexibility index (Phi) is 3.61. The minimum atomic E-state index is -1.15. The number of carbonyl (C=O) groups excluding carboxylic acids is 1. The minimum Gasteiger partial charge on any atom is -0.476 e. The van der Waals surface area contributed by atoms with Gasteiger partial charge in [0.2, 0.25) is 5.91 Å². The molecule has 1 aliphatic heterocycles. The van der Waals surface area contributed by atoms with E-state index in [0.717, 1.165) is 0 Å². The average Bonchev–Trinajstić information content (AvgIpc) is 2.77. The summed E-state index contributed by atoms with van der Waals surface area (Å²) in [6.07, 6.45) is 2.64. The highest BCUT2D eigenvalue weighted by atomic mass is 16.5. The number of nitrogens with one attached hydrogen (secondary N) is 2. The van der Waals surface area contributed by atoms with Crippen molar-refractivity contribution in [2.75, 3.05) is 11.9 Å². The van der Waals surface area contributed by atoms with Gasteiger partial charge in [-0.3, -0.25) is 9.89 Å². The van der Waals surface area contributed by atoms with E-state index in [1.807, 2.05) is 6.92 Å². The Balaban J connectivity index is 2.02. The Morgan fingerprint density at radius 3 is 3.06 bits per heavy atom. The lowest BCUT2D eigenvalue weighted by Crippen LogP contribution is -2.32. The van der Waals surface area contributed by atoms with Gasteiger partial charge in [-0.05, 0) is 19.8 Å². The number of hydrogen-bond acceptors (Lipinski definition) is 4. The van der Waals surface area contributed by atoms with Crippen molar-refractivity contribution in [3.05, 3.63) is 11.9 Å². The molecule has 0 aromatic carbocycles. The molecule has 1 saturated heterocycles. The van der Waals surface area contributed by atoms with Crippen LogP contribution in [0.15, 0.2) is 6.20 Å². The molecule has 3 N–H and O–H groups in total. The summed E-state index contributed by atoms with van der Waals surface area (Å²) in [4.78, 5) is 22.8. The normalized spacial score (nSPS) is 23.6. The van der Waals surface area contributed by atoms with Gasteiger partial charge in [0.15, 0.2) is 5.69 Å². The number of nitrogens with zero attached hydrogens (tertiary/aromatic N) is 1. The maximum Gasteiger partial charge on any atom is 0.356 e. The Morgan fingerprint density at radius 1 is 1.61 bits per heavy atom. The molecule has 1 aromatic heterocycles. The van der Waals surface area contributed by atoms with E-state index >= 15 is 0 Å². The number of H-pyrrole nitrogens is 1. The van der Waals surface area contributed by atoms with Crippen LogP contribution in [-0.2, 0) is 9.53 Å². The van der Waals surface area contributed by atoms with E-state index in [1.165, 1.54) is 6.20 Å². The lowest BCUT2D eigenvalue weighted by atomic mass is 9.95. The average molecular weight is 253 g/mol. The van der Waals surface area contributed by atoms with Gasteiger partial charge in [0.25, 0.3) is 0 Å².